The molecular formula is C12H13BrN2O3. The molecule has 2 N–H and O–H groups in total. The van der Waals surface area contributed by atoms with E-state index in [1.807, 2.05) is 25.1 Å². The van der Waals surface area contributed by atoms with Gasteiger partial charge in [-0.1, -0.05) is 22.0 Å². The molecule has 2 amide bonds. The van der Waals surface area contributed by atoms with E-state index in [0.29, 0.717) is 0 Å². The maximum absolute atomic E-state index is 11.8. The Kier molecular flexibility index (Phi) is 3.56. The molecule has 1 aromatic carbocycles. The summed E-state index contributed by atoms with van der Waals surface area (Å²) in [6, 6.07) is 5.29. The average molecular weight is 313 g/mol. The molecule has 0 saturated carbocycles. The smallest absolute Gasteiger partial charge is 0.321 e. The third-order valence-corrected chi connectivity index (χ3v) is 3.89. The molecule has 5 nitrogen and oxygen atoms in total. The first kappa shape index (κ1) is 12.9. The summed E-state index contributed by atoms with van der Waals surface area (Å²) in [6.45, 7) is 2.44. The van der Waals surface area contributed by atoms with E-state index in [4.69, 9.17) is 5.11 Å². The fraction of sp³-hybridized carbons (Fsp3) is 0.333. The number of carbonyl (C=O) groups excluding carboxylic acids is 1. The Balaban J connectivity index is 1.97. The zero-order valence-electron chi connectivity index (χ0n) is 9.81. The topological polar surface area (TPSA) is 69.6 Å². The molecule has 1 aliphatic heterocycles. The summed E-state index contributed by atoms with van der Waals surface area (Å²) in [5.74, 6) is -1.28. The molecule has 0 bridgehead atoms. The Bertz CT molecular complexity index is 498. The Labute approximate surface area is 113 Å². The fourth-order valence-electron chi connectivity index (χ4n) is 1.74. The highest BCUT2D eigenvalue weighted by molar-refractivity contribution is 9.10. The van der Waals surface area contributed by atoms with Gasteiger partial charge >= 0.3 is 12.0 Å². The number of carbonyl (C=O) groups is 2. The minimum absolute atomic E-state index is 0.256. The van der Waals surface area contributed by atoms with Crippen LogP contribution >= 0.6 is 15.9 Å². The van der Waals surface area contributed by atoms with Crippen LogP contribution in [0.5, 0.6) is 0 Å². The number of urea groups is 1. The largest absolute Gasteiger partial charge is 0.481 e. The van der Waals surface area contributed by atoms with Gasteiger partial charge in [0.1, 0.15) is 0 Å². The number of nitrogens with zero attached hydrogens (tertiary/aromatic N) is 1. The number of anilines is 1. The summed E-state index contributed by atoms with van der Waals surface area (Å²) in [5.41, 5.74) is 1.68. The van der Waals surface area contributed by atoms with Crippen LogP contribution in [0.2, 0.25) is 0 Å². The van der Waals surface area contributed by atoms with E-state index < -0.39 is 11.9 Å². The molecule has 96 valence electrons. The summed E-state index contributed by atoms with van der Waals surface area (Å²) < 4.78 is 0.923. The van der Waals surface area contributed by atoms with E-state index in [1.54, 1.807) is 0 Å². The van der Waals surface area contributed by atoms with E-state index in [-0.39, 0.29) is 19.1 Å². The minimum atomic E-state index is -0.849. The highest BCUT2D eigenvalue weighted by Gasteiger charge is 2.35. The quantitative estimate of drug-likeness (QED) is 0.880. The molecule has 0 unspecified atom stereocenters. The van der Waals surface area contributed by atoms with Gasteiger partial charge in [0.05, 0.1) is 5.92 Å². The Morgan fingerprint density at radius 3 is 2.72 bits per heavy atom. The molecule has 0 aromatic heterocycles. The van der Waals surface area contributed by atoms with Crippen LogP contribution in [0.4, 0.5) is 10.5 Å². The second-order valence-corrected chi connectivity index (χ2v) is 5.14. The first-order chi connectivity index (χ1) is 8.49. The standard InChI is InChI=1S/C12H13BrN2O3/c1-7-9(13)3-2-4-10(7)14-12(18)15-5-8(6-15)11(16)17/h2-4,8H,5-6H2,1H3,(H,14,18)(H,16,17). The van der Waals surface area contributed by atoms with Crippen molar-refractivity contribution in [3.63, 3.8) is 0 Å². The predicted octanol–water partition coefficient (Wildman–Crippen LogP) is 2.31. The Morgan fingerprint density at radius 2 is 2.11 bits per heavy atom. The van der Waals surface area contributed by atoms with Gasteiger partial charge in [-0.25, -0.2) is 4.79 Å². The van der Waals surface area contributed by atoms with Crippen molar-refractivity contribution in [3.8, 4) is 0 Å². The number of nitrogens with one attached hydrogen (secondary N) is 1. The van der Waals surface area contributed by atoms with Gasteiger partial charge in [0.2, 0.25) is 0 Å². The average Bonchev–Trinajstić information content (AvgIpc) is 2.22. The van der Waals surface area contributed by atoms with Crippen molar-refractivity contribution in [3.05, 3.63) is 28.2 Å². The van der Waals surface area contributed by atoms with Gasteiger partial charge < -0.3 is 15.3 Å². The van der Waals surface area contributed by atoms with Crippen LogP contribution in [0.15, 0.2) is 22.7 Å². The lowest BCUT2D eigenvalue weighted by Crippen LogP contribution is -2.54. The second kappa shape index (κ2) is 4.97. The number of rotatable bonds is 2. The van der Waals surface area contributed by atoms with Crippen molar-refractivity contribution in [2.24, 2.45) is 5.92 Å². The molecular weight excluding hydrogens is 300 g/mol. The number of carboxylic acids is 1. The van der Waals surface area contributed by atoms with Crippen molar-refractivity contribution in [2.75, 3.05) is 18.4 Å². The Morgan fingerprint density at radius 1 is 1.44 bits per heavy atom. The fourth-order valence-corrected chi connectivity index (χ4v) is 2.10. The van der Waals surface area contributed by atoms with Crippen molar-refractivity contribution >= 4 is 33.6 Å². The van der Waals surface area contributed by atoms with Crippen molar-refractivity contribution in [1.29, 1.82) is 0 Å². The number of likely N-dealkylation sites (tertiary alicyclic amines) is 1. The van der Waals surface area contributed by atoms with Crippen LogP contribution in [0.25, 0.3) is 0 Å². The van der Waals surface area contributed by atoms with Gasteiger partial charge in [-0.2, -0.15) is 0 Å². The summed E-state index contributed by atoms with van der Waals surface area (Å²) in [6.07, 6.45) is 0. The first-order valence-electron chi connectivity index (χ1n) is 5.53. The number of aliphatic carboxylic acids is 1. The van der Waals surface area contributed by atoms with Gasteiger partial charge in [0.15, 0.2) is 0 Å². The zero-order valence-corrected chi connectivity index (χ0v) is 11.4. The molecule has 1 fully saturated rings. The summed E-state index contributed by atoms with van der Waals surface area (Å²) in [5, 5.41) is 11.5. The molecule has 1 aromatic rings. The highest BCUT2D eigenvalue weighted by atomic mass is 79.9. The number of carboxylic acid groups (broad SMARTS) is 1. The molecule has 1 saturated heterocycles. The molecule has 0 atom stereocenters. The molecule has 0 radical (unpaired) electrons. The van der Waals surface area contributed by atoms with Crippen LogP contribution in [0.3, 0.4) is 0 Å². The van der Waals surface area contributed by atoms with Crippen molar-refractivity contribution in [2.45, 2.75) is 6.92 Å². The maximum Gasteiger partial charge on any atom is 0.321 e. The van der Waals surface area contributed by atoms with Crippen molar-refractivity contribution in [1.82, 2.24) is 4.90 Å². The number of halogens is 1. The number of hydrogen-bond acceptors (Lipinski definition) is 2. The van der Waals surface area contributed by atoms with Gasteiger partial charge in [0.25, 0.3) is 0 Å². The molecule has 1 heterocycles. The van der Waals surface area contributed by atoms with Crippen molar-refractivity contribution < 1.29 is 14.7 Å². The van der Waals surface area contributed by atoms with Crippen LogP contribution in [-0.4, -0.2) is 35.1 Å². The summed E-state index contributed by atoms with van der Waals surface area (Å²) >= 11 is 3.39. The summed E-state index contributed by atoms with van der Waals surface area (Å²) in [7, 11) is 0. The van der Waals surface area contributed by atoms with Gasteiger partial charge in [-0.3, -0.25) is 4.79 Å². The zero-order chi connectivity index (χ0) is 13.3. The van der Waals surface area contributed by atoms with E-state index in [9.17, 15) is 9.59 Å². The lowest BCUT2D eigenvalue weighted by molar-refractivity contribution is -0.145. The predicted molar refractivity (Wildman–Crippen MR) is 70.6 cm³/mol. The van der Waals surface area contributed by atoms with E-state index in [1.165, 1.54) is 4.90 Å². The van der Waals surface area contributed by atoms with Crippen LogP contribution < -0.4 is 5.32 Å². The third kappa shape index (κ3) is 2.48. The Hall–Kier alpha value is -1.56. The normalized spacial score (nSPS) is 15.1. The SMILES string of the molecule is Cc1c(Br)cccc1NC(=O)N1CC(C(=O)O)C1. The lowest BCUT2D eigenvalue weighted by atomic mass is 10.0. The molecule has 0 aliphatic carbocycles. The molecule has 6 heteroatoms. The van der Waals surface area contributed by atoms with Gasteiger partial charge in [-0.15, -0.1) is 0 Å². The highest BCUT2D eigenvalue weighted by Crippen LogP contribution is 2.24. The van der Waals surface area contributed by atoms with E-state index in [0.717, 1.165) is 15.7 Å². The van der Waals surface area contributed by atoms with Crippen LogP contribution in [0.1, 0.15) is 5.56 Å². The molecule has 18 heavy (non-hydrogen) atoms. The number of hydrogen-bond donors (Lipinski definition) is 2. The minimum Gasteiger partial charge on any atom is -0.481 e. The van der Waals surface area contributed by atoms with Crippen LogP contribution in [-0.2, 0) is 4.79 Å². The first-order valence-corrected chi connectivity index (χ1v) is 6.32. The monoisotopic (exact) mass is 312 g/mol. The summed E-state index contributed by atoms with van der Waals surface area (Å²) in [4.78, 5) is 24.0. The maximum atomic E-state index is 11.8. The number of amides is 2. The van der Waals surface area contributed by atoms with Gasteiger partial charge in [-0.05, 0) is 24.6 Å². The molecule has 1 aliphatic rings. The second-order valence-electron chi connectivity index (χ2n) is 4.28. The molecule has 2 rings (SSSR count). The number of benzene rings is 1. The van der Waals surface area contributed by atoms with E-state index >= 15 is 0 Å². The third-order valence-electron chi connectivity index (χ3n) is 3.03. The van der Waals surface area contributed by atoms with Gasteiger partial charge in [0, 0.05) is 23.2 Å². The molecule has 0 spiro atoms. The lowest BCUT2D eigenvalue weighted by Gasteiger charge is -2.36. The van der Waals surface area contributed by atoms with E-state index in [2.05, 4.69) is 21.2 Å². The van der Waals surface area contributed by atoms with Crippen LogP contribution in [0, 0.1) is 12.8 Å².